The van der Waals surface area contributed by atoms with Gasteiger partial charge < -0.3 is 14.5 Å². The van der Waals surface area contributed by atoms with Crippen molar-refractivity contribution in [2.75, 3.05) is 19.8 Å². The maximum Gasteiger partial charge on any atom is 0.226 e. The minimum atomic E-state index is -0.330. The van der Waals surface area contributed by atoms with Crippen LogP contribution in [-0.4, -0.2) is 35.1 Å². The lowest BCUT2D eigenvalue weighted by Crippen LogP contribution is -2.27. The molecule has 0 saturated carbocycles. The van der Waals surface area contributed by atoms with Gasteiger partial charge in [0.25, 0.3) is 0 Å². The van der Waals surface area contributed by atoms with Gasteiger partial charge >= 0.3 is 0 Å². The molecule has 0 saturated heterocycles. The number of fused-ring (bicyclic) bond motifs is 1. The Labute approximate surface area is 129 Å². The van der Waals surface area contributed by atoms with Crippen LogP contribution in [0.5, 0.6) is 0 Å². The molecule has 22 heavy (non-hydrogen) atoms. The highest BCUT2D eigenvalue weighted by Crippen LogP contribution is 2.07. The third kappa shape index (κ3) is 5.11. The number of nitrogens with zero attached hydrogens (tertiary/aromatic N) is 2. The molecule has 0 unspecified atom stereocenters. The molecule has 2 rings (SSSR count). The number of carbonyl (C=O) groups is 1. The summed E-state index contributed by atoms with van der Waals surface area (Å²) in [5.41, 5.74) is 1.26. The van der Waals surface area contributed by atoms with E-state index in [4.69, 9.17) is 4.74 Å². The number of hydrogen-bond acceptors (Lipinski definition) is 3. The normalized spacial score (nSPS) is 11.0. The van der Waals surface area contributed by atoms with E-state index in [1.54, 1.807) is 16.7 Å². The second-order valence-electron chi connectivity index (χ2n) is 5.19. The third-order valence-corrected chi connectivity index (χ3v) is 3.24. The predicted molar refractivity (Wildman–Crippen MR) is 82.2 cm³/mol. The highest BCUT2D eigenvalue weighted by atomic mass is 19.1. The van der Waals surface area contributed by atoms with Gasteiger partial charge in [-0.1, -0.05) is 13.3 Å². The highest BCUT2D eigenvalue weighted by Gasteiger charge is 2.07. The number of amides is 1. The van der Waals surface area contributed by atoms with Gasteiger partial charge in [0.05, 0.1) is 12.1 Å². The summed E-state index contributed by atoms with van der Waals surface area (Å²) in [7, 11) is 0. The summed E-state index contributed by atoms with van der Waals surface area (Å²) < 4.78 is 20.1. The molecule has 1 amide bonds. The van der Waals surface area contributed by atoms with Gasteiger partial charge in [-0.15, -0.1) is 0 Å². The van der Waals surface area contributed by atoms with Crippen molar-refractivity contribution in [2.45, 2.75) is 32.6 Å². The zero-order valence-electron chi connectivity index (χ0n) is 12.8. The number of imidazole rings is 1. The van der Waals surface area contributed by atoms with E-state index in [0.29, 0.717) is 24.5 Å². The van der Waals surface area contributed by atoms with Crippen molar-refractivity contribution >= 4 is 11.6 Å². The van der Waals surface area contributed by atoms with E-state index in [2.05, 4.69) is 17.2 Å². The molecule has 2 aromatic rings. The number of pyridine rings is 1. The van der Waals surface area contributed by atoms with Gasteiger partial charge in [-0.2, -0.15) is 0 Å². The summed E-state index contributed by atoms with van der Waals surface area (Å²) in [6.07, 6.45) is 6.20. The van der Waals surface area contributed by atoms with Crippen molar-refractivity contribution in [3.05, 3.63) is 36.0 Å². The molecular formula is C16H22FN3O2. The molecule has 2 heterocycles. The summed E-state index contributed by atoms with van der Waals surface area (Å²) in [5, 5.41) is 2.84. The predicted octanol–water partition coefficient (Wildman–Crippen LogP) is 2.34. The Hall–Kier alpha value is -1.95. The van der Waals surface area contributed by atoms with Crippen LogP contribution in [0.25, 0.3) is 5.65 Å². The number of halogens is 1. The Morgan fingerprint density at radius 1 is 1.32 bits per heavy atom. The third-order valence-electron chi connectivity index (χ3n) is 3.24. The van der Waals surface area contributed by atoms with Gasteiger partial charge in [0.2, 0.25) is 5.91 Å². The summed E-state index contributed by atoms with van der Waals surface area (Å²) in [5.74, 6) is -0.415. The lowest BCUT2D eigenvalue weighted by atomic mass is 10.3. The first-order chi connectivity index (χ1) is 10.7. The Morgan fingerprint density at radius 2 is 2.14 bits per heavy atom. The van der Waals surface area contributed by atoms with Crippen LogP contribution in [0.4, 0.5) is 4.39 Å². The molecule has 0 aliphatic rings. The van der Waals surface area contributed by atoms with Gasteiger partial charge in [-0.25, -0.2) is 9.37 Å². The van der Waals surface area contributed by atoms with Crippen molar-refractivity contribution in [3.8, 4) is 0 Å². The van der Waals surface area contributed by atoms with Gasteiger partial charge in [-0.3, -0.25) is 4.79 Å². The first-order valence-electron chi connectivity index (χ1n) is 7.66. The molecule has 0 aromatic carbocycles. The van der Waals surface area contributed by atoms with Gasteiger partial charge in [0.1, 0.15) is 11.5 Å². The van der Waals surface area contributed by atoms with E-state index >= 15 is 0 Å². The number of unbranched alkanes of at least 4 members (excludes halogenated alkanes) is 1. The number of ether oxygens (including phenoxy) is 1. The Kier molecular flexibility index (Phi) is 6.33. The van der Waals surface area contributed by atoms with Crippen molar-refractivity contribution in [3.63, 3.8) is 0 Å². The molecule has 5 nitrogen and oxygen atoms in total. The van der Waals surface area contributed by atoms with Crippen LogP contribution >= 0.6 is 0 Å². The van der Waals surface area contributed by atoms with Crippen LogP contribution in [0.3, 0.4) is 0 Å². The van der Waals surface area contributed by atoms with Crippen LogP contribution < -0.4 is 5.32 Å². The maximum absolute atomic E-state index is 13.1. The van der Waals surface area contributed by atoms with E-state index < -0.39 is 0 Å². The summed E-state index contributed by atoms with van der Waals surface area (Å²) in [4.78, 5) is 16.1. The van der Waals surface area contributed by atoms with Crippen molar-refractivity contribution in [2.24, 2.45) is 0 Å². The largest absolute Gasteiger partial charge is 0.381 e. The van der Waals surface area contributed by atoms with Crippen LogP contribution in [0.2, 0.25) is 0 Å². The molecule has 0 radical (unpaired) electrons. The molecule has 0 atom stereocenters. The topological polar surface area (TPSA) is 55.6 Å². The van der Waals surface area contributed by atoms with Crippen LogP contribution in [0, 0.1) is 5.82 Å². The lowest BCUT2D eigenvalue weighted by Gasteiger charge is -2.05. The van der Waals surface area contributed by atoms with E-state index in [1.807, 2.05) is 0 Å². The Balaban J connectivity index is 1.70. The Morgan fingerprint density at radius 3 is 2.95 bits per heavy atom. The minimum absolute atomic E-state index is 0.0857. The second kappa shape index (κ2) is 8.48. The fourth-order valence-electron chi connectivity index (χ4n) is 2.08. The van der Waals surface area contributed by atoms with E-state index in [9.17, 15) is 9.18 Å². The molecule has 1 N–H and O–H groups in total. The Bertz CT molecular complexity index is 612. The van der Waals surface area contributed by atoms with E-state index in [0.717, 1.165) is 25.9 Å². The quantitative estimate of drug-likeness (QED) is 0.724. The smallest absolute Gasteiger partial charge is 0.226 e. The molecule has 2 aromatic heterocycles. The molecular weight excluding hydrogens is 285 g/mol. The van der Waals surface area contributed by atoms with Crippen molar-refractivity contribution in [1.82, 2.24) is 14.7 Å². The minimum Gasteiger partial charge on any atom is -0.381 e. The SMILES string of the molecule is CCCCOCCCNC(=O)Cc1cn2cc(F)ccc2n1. The number of aromatic nitrogens is 2. The molecule has 0 spiro atoms. The summed E-state index contributed by atoms with van der Waals surface area (Å²) in [6.45, 7) is 4.15. The first-order valence-corrected chi connectivity index (χ1v) is 7.66. The molecule has 120 valence electrons. The molecule has 0 bridgehead atoms. The maximum atomic E-state index is 13.1. The average molecular weight is 307 g/mol. The van der Waals surface area contributed by atoms with E-state index in [-0.39, 0.29) is 18.1 Å². The highest BCUT2D eigenvalue weighted by molar-refractivity contribution is 5.78. The zero-order valence-corrected chi connectivity index (χ0v) is 12.8. The number of rotatable bonds is 9. The summed E-state index contributed by atoms with van der Waals surface area (Å²) in [6, 6.07) is 2.94. The molecule has 6 heteroatoms. The van der Waals surface area contributed by atoms with Crippen LogP contribution in [0.1, 0.15) is 31.9 Å². The summed E-state index contributed by atoms with van der Waals surface area (Å²) >= 11 is 0. The zero-order chi connectivity index (χ0) is 15.8. The van der Waals surface area contributed by atoms with Gasteiger partial charge in [0, 0.05) is 32.2 Å². The fourth-order valence-corrected chi connectivity index (χ4v) is 2.08. The second-order valence-corrected chi connectivity index (χ2v) is 5.19. The van der Waals surface area contributed by atoms with Crippen molar-refractivity contribution < 1.29 is 13.9 Å². The standard InChI is InChI=1S/C16H22FN3O2/c1-2-3-8-22-9-4-7-18-16(21)10-14-12-20-11-13(17)5-6-15(20)19-14/h5-6,11-12H,2-4,7-10H2,1H3,(H,18,21). The van der Waals surface area contributed by atoms with Crippen molar-refractivity contribution in [1.29, 1.82) is 0 Å². The van der Waals surface area contributed by atoms with E-state index in [1.165, 1.54) is 12.3 Å². The molecule has 0 fully saturated rings. The van der Waals surface area contributed by atoms with Crippen LogP contribution in [0.15, 0.2) is 24.5 Å². The van der Waals surface area contributed by atoms with Crippen LogP contribution in [-0.2, 0) is 16.0 Å². The van der Waals surface area contributed by atoms with Gasteiger partial charge in [0.15, 0.2) is 0 Å². The lowest BCUT2D eigenvalue weighted by molar-refractivity contribution is -0.120. The fraction of sp³-hybridized carbons (Fsp3) is 0.500. The number of nitrogens with one attached hydrogen (secondary N) is 1. The molecule has 0 aliphatic heterocycles. The first kappa shape index (κ1) is 16.4. The average Bonchev–Trinajstić information content (AvgIpc) is 2.87. The van der Waals surface area contributed by atoms with Gasteiger partial charge in [-0.05, 0) is 25.0 Å². The molecule has 0 aliphatic carbocycles. The monoisotopic (exact) mass is 307 g/mol. The number of carbonyl (C=O) groups excluding carboxylic acids is 1. The number of hydrogen-bond donors (Lipinski definition) is 1.